The van der Waals surface area contributed by atoms with Crippen LogP contribution in [-0.4, -0.2) is 37.9 Å². The number of carbonyl (C=O) groups excluding carboxylic acids is 2. The standard InChI is InChI=1S/C25H40O5/c1-3-4-5-8-11-17-25(29-19-20-30-25)18-16-21-14-15-23(26)22(21)12-9-6-7-10-13-24(27)28-2/h6,9H,3-5,7-8,10-20H2,1-2H3. The van der Waals surface area contributed by atoms with E-state index in [0.717, 1.165) is 50.5 Å². The van der Waals surface area contributed by atoms with Crippen molar-refractivity contribution in [1.29, 1.82) is 0 Å². The highest BCUT2D eigenvalue weighted by molar-refractivity contribution is 5.98. The van der Waals surface area contributed by atoms with Gasteiger partial charge in [-0.2, -0.15) is 0 Å². The van der Waals surface area contributed by atoms with E-state index in [-0.39, 0.29) is 11.8 Å². The predicted octanol–water partition coefficient (Wildman–Crippen LogP) is 5.82. The number of allylic oxidation sites excluding steroid dienone is 4. The van der Waals surface area contributed by atoms with Gasteiger partial charge >= 0.3 is 5.97 Å². The molecule has 1 saturated heterocycles. The Kier molecular flexibility index (Phi) is 11.4. The number of ketones is 1. The Bertz CT molecular complexity index is 599. The van der Waals surface area contributed by atoms with Gasteiger partial charge in [-0.1, -0.05) is 50.3 Å². The molecule has 0 aromatic heterocycles. The third kappa shape index (κ3) is 8.35. The Morgan fingerprint density at radius 2 is 1.80 bits per heavy atom. The van der Waals surface area contributed by atoms with Crippen molar-refractivity contribution in [3.05, 3.63) is 23.3 Å². The fraction of sp³-hybridized carbons (Fsp3) is 0.760. The van der Waals surface area contributed by atoms with Crippen molar-refractivity contribution in [2.45, 2.75) is 103 Å². The highest BCUT2D eigenvalue weighted by atomic mass is 16.7. The molecule has 0 unspecified atom stereocenters. The molecule has 0 aromatic rings. The third-order valence-corrected chi connectivity index (χ3v) is 6.17. The van der Waals surface area contributed by atoms with Crippen LogP contribution < -0.4 is 0 Å². The first-order valence-electron chi connectivity index (χ1n) is 11.8. The van der Waals surface area contributed by atoms with Crippen LogP contribution in [0.3, 0.4) is 0 Å². The van der Waals surface area contributed by atoms with Gasteiger partial charge in [-0.25, -0.2) is 0 Å². The van der Waals surface area contributed by atoms with Crippen molar-refractivity contribution in [2.24, 2.45) is 0 Å². The van der Waals surface area contributed by atoms with Gasteiger partial charge in [0.05, 0.1) is 20.3 Å². The monoisotopic (exact) mass is 420 g/mol. The molecule has 1 heterocycles. The van der Waals surface area contributed by atoms with E-state index >= 15 is 0 Å². The Morgan fingerprint density at radius 3 is 2.53 bits per heavy atom. The second-order valence-electron chi connectivity index (χ2n) is 8.42. The molecule has 170 valence electrons. The lowest BCUT2D eigenvalue weighted by Crippen LogP contribution is -2.30. The highest BCUT2D eigenvalue weighted by Gasteiger charge is 2.36. The maximum absolute atomic E-state index is 12.4. The van der Waals surface area contributed by atoms with Crippen molar-refractivity contribution in [3.63, 3.8) is 0 Å². The summed E-state index contributed by atoms with van der Waals surface area (Å²) in [5.74, 6) is -0.333. The molecule has 0 saturated carbocycles. The number of unbranched alkanes of at least 4 members (excludes halogenated alkanes) is 5. The van der Waals surface area contributed by atoms with Crippen molar-refractivity contribution in [1.82, 2.24) is 0 Å². The number of carbonyl (C=O) groups is 2. The topological polar surface area (TPSA) is 61.8 Å². The number of rotatable bonds is 15. The molecule has 1 aliphatic heterocycles. The summed E-state index contributed by atoms with van der Waals surface area (Å²) >= 11 is 0. The van der Waals surface area contributed by atoms with Crippen LogP contribution in [0.4, 0.5) is 0 Å². The van der Waals surface area contributed by atoms with Crippen molar-refractivity contribution in [3.8, 4) is 0 Å². The Balaban J connectivity index is 1.81. The molecular weight excluding hydrogens is 380 g/mol. The first kappa shape index (κ1) is 24.8. The van der Waals surface area contributed by atoms with Crippen LogP contribution in [0.1, 0.15) is 96.8 Å². The van der Waals surface area contributed by atoms with E-state index in [4.69, 9.17) is 9.47 Å². The van der Waals surface area contributed by atoms with Crippen LogP contribution in [-0.2, 0) is 23.8 Å². The molecule has 1 aliphatic carbocycles. The van der Waals surface area contributed by atoms with E-state index < -0.39 is 5.79 Å². The van der Waals surface area contributed by atoms with Crippen LogP contribution in [0.25, 0.3) is 0 Å². The van der Waals surface area contributed by atoms with Gasteiger partial charge < -0.3 is 14.2 Å². The first-order chi connectivity index (χ1) is 14.6. The van der Waals surface area contributed by atoms with E-state index in [1.54, 1.807) is 0 Å². The number of hydrogen-bond acceptors (Lipinski definition) is 5. The number of methoxy groups -OCH3 is 1. The van der Waals surface area contributed by atoms with Gasteiger partial charge in [0, 0.05) is 25.7 Å². The number of ether oxygens (including phenoxy) is 3. The fourth-order valence-corrected chi connectivity index (χ4v) is 4.33. The third-order valence-electron chi connectivity index (χ3n) is 6.17. The van der Waals surface area contributed by atoms with Crippen LogP contribution in [0.5, 0.6) is 0 Å². The lowest BCUT2D eigenvalue weighted by atomic mass is 9.96. The van der Waals surface area contributed by atoms with Gasteiger partial charge in [0.25, 0.3) is 0 Å². The minimum Gasteiger partial charge on any atom is -0.469 e. The van der Waals surface area contributed by atoms with Crippen LogP contribution in [0, 0.1) is 0 Å². The zero-order valence-corrected chi connectivity index (χ0v) is 19.0. The summed E-state index contributed by atoms with van der Waals surface area (Å²) in [4.78, 5) is 23.5. The Labute approximate surface area is 182 Å². The zero-order valence-electron chi connectivity index (χ0n) is 19.0. The molecule has 2 rings (SSSR count). The summed E-state index contributed by atoms with van der Waals surface area (Å²) < 4.78 is 16.7. The zero-order chi connectivity index (χ0) is 21.7. The Morgan fingerprint density at radius 1 is 1.03 bits per heavy atom. The molecule has 0 aromatic carbocycles. The Hall–Kier alpha value is -1.46. The van der Waals surface area contributed by atoms with Crippen LogP contribution in [0.15, 0.2) is 23.3 Å². The van der Waals surface area contributed by atoms with Gasteiger partial charge in [-0.3, -0.25) is 9.59 Å². The molecule has 0 spiro atoms. The van der Waals surface area contributed by atoms with E-state index in [9.17, 15) is 9.59 Å². The van der Waals surface area contributed by atoms with Gasteiger partial charge in [0.1, 0.15) is 0 Å². The summed E-state index contributed by atoms with van der Waals surface area (Å²) in [6.07, 6.45) is 17.3. The molecule has 30 heavy (non-hydrogen) atoms. The van der Waals surface area contributed by atoms with Gasteiger partial charge in [0.2, 0.25) is 0 Å². The lowest BCUT2D eigenvalue weighted by Gasteiger charge is -2.28. The first-order valence-corrected chi connectivity index (χ1v) is 11.8. The maximum atomic E-state index is 12.4. The summed E-state index contributed by atoms with van der Waals surface area (Å²) in [6.45, 7) is 3.58. The predicted molar refractivity (Wildman–Crippen MR) is 118 cm³/mol. The van der Waals surface area contributed by atoms with Gasteiger partial charge in [0.15, 0.2) is 11.6 Å². The minimum atomic E-state index is -0.445. The number of hydrogen-bond donors (Lipinski definition) is 0. The molecule has 5 heteroatoms. The van der Waals surface area contributed by atoms with Crippen molar-refractivity contribution in [2.75, 3.05) is 20.3 Å². The minimum absolute atomic E-state index is 0.171. The van der Waals surface area contributed by atoms with Crippen LogP contribution in [0.2, 0.25) is 0 Å². The van der Waals surface area contributed by atoms with E-state index in [2.05, 4.69) is 23.8 Å². The fourth-order valence-electron chi connectivity index (χ4n) is 4.33. The number of Topliss-reactive ketones (excluding diaryl/α,β-unsaturated/α-hetero) is 1. The average molecular weight is 421 g/mol. The summed E-state index contributed by atoms with van der Waals surface area (Å²) in [5.41, 5.74) is 2.26. The molecule has 0 atom stereocenters. The summed E-state index contributed by atoms with van der Waals surface area (Å²) in [5, 5.41) is 0. The molecule has 0 N–H and O–H groups in total. The maximum Gasteiger partial charge on any atom is 0.305 e. The number of esters is 1. The molecular formula is C25H40O5. The summed E-state index contributed by atoms with van der Waals surface area (Å²) in [7, 11) is 1.41. The van der Waals surface area contributed by atoms with Gasteiger partial charge in [-0.15, -0.1) is 0 Å². The molecule has 0 bridgehead atoms. The molecule has 2 aliphatic rings. The van der Waals surface area contributed by atoms with E-state index in [0.29, 0.717) is 32.5 Å². The second-order valence-corrected chi connectivity index (χ2v) is 8.42. The van der Waals surface area contributed by atoms with Crippen LogP contribution >= 0.6 is 0 Å². The normalized spacial score (nSPS) is 18.7. The second kappa shape index (κ2) is 13.8. The summed E-state index contributed by atoms with van der Waals surface area (Å²) in [6, 6.07) is 0. The van der Waals surface area contributed by atoms with Crippen molar-refractivity contribution < 1.29 is 23.8 Å². The largest absolute Gasteiger partial charge is 0.469 e. The van der Waals surface area contributed by atoms with E-state index in [1.807, 2.05) is 0 Å². The lowest BCUT2D eigenvalue weighted by molar-refractivity contribution is -0.167. The molecule has 1 fully saturated rings. The molecule has 0 radical (unpaired) electrons. The van der Waals surface area contributed by atoms with Crippen molar-refractivity contribution >= 4 is 11.8 Å². The molecule has 0 amide bonds. The van der Waals surface area contributed by atoms with E-state index in [1.165, 1.54) is 38.4 Å². The highest BCUT2D eigenvalue weighted by Crippen LogP contribution is 2.36. The SMILES string of the molecule is CCCCCCCC1(CCC2=C(CC=CCCCC(=O)OC)C(=O)CC2)OCCO1. The average Bonchev–Trinajstić information content (AvgIpc) is 3.36. The smallest absolute Gasteiger partial charge is 0.305 e. The quantitative estimate of drug-likeness (QED) is 0.190. The molecule has 5 nitrogen and oxygen atoms in total. The van der Waals surface area contributed by atoms with Gasteiger partial charge in [-0.05, 0) is 44.1 Å².